The van der Waals surface area contributed by atoms with Crippen molar-refractivity contribution in [3.05, 3.63) is 33.1 Å². The van der Waals surface area contributed by atoms with Gasteiger partial charge in [0.1, 0.15) is 0 Å². The monoisotopic (exact) mass is 274 g/mol. The minimum absolute atomic E-state index is 0.567. The molecule has 0 nitrogen and oxygen atoms in total. The van der Waals surface area contributed by atoms with Gasteiger partial charge in [0.2, 0.25) is 0 Å². The van der Waals surface area contributed by atoms with Crippen molar-refractivity contribution >= 4 is 49.0 Å². The molecule has 0 aliphatic rings. The maximum absolute atomic E-state index is 5.90. The lowest BCUT2D eigenvalue weighted by Gasteiger charge is -2.01. The van der Waals surface area contributed by atoms with E-state index < -0.39 is 0 Å². The minimum Gasteiger partial charge on any atom is -0.143 e. The fourth-order valence-corrected chi connectivity index (χ4v) is 3.61. The van der Waals surface area contributed by atoms with Crippen molar-refractivity contribution in [2.24, 2.45) is 0 Å². The molecule has 0 saturated carbocycles. The average molecular weight is 276 g/mol. The van der Waals surface area contributed by atoms with Crippen molar-refractivity contribution in [3.8, 4) is 0 Å². The Labute approximate surface area is 94.7 Å². The summed E-state index contributed by atoms with van der Waals surface area (Å²) in [4.78, 5) is 0. The van der Waals surface area contributed by atoms with Gasteiger partial charge in [-0.15, -0.1) is 22.9 Å². The van der Waals surface area contributed by atoms with E-state index >= 15 is 0 Å². The second-order valence-electron chi connectivity index (χ2n) is 2.95. The molecule has 0 bridgehead atoms. The van der Waals surface area contributed by atoms with Crippen LogP contribution in [0.2, 0.25) is 0 Å². The summed E-state index contributed by atoms with van der Waals surface area (Å²) in [6, 6.07) is 4.21. The molecule has 2 aromatic rings. The standard InChI is InChI=1S/C10H8BrClS/c1-6-5-13-10-7(6)2-3-9(11)8(10)4-12/h2-3,5H,4H2,1H3. The number of thiophene rings is 1. The lowest BCUT2D eigenvalue weighted by atomic mass is 10.1. The molecule has 0 amide bonds. The number of fused-ring (bicyclic) bond motifs is 1. The second-order valence-corrected chi connectivity index (χ2v) is 4.96. The molecule has 0 atom stereocenters. The van der Waals surface area contributed by atoms with Crippen LogP contribution in [0.3, 0.4) is 0 Å². The Morgan fingerprint density at radius 1 is 1.46 bits per heavy atom. The zero-order valence-electron chi connectivity index (χ0n) is 7.10. The van der Waals surface area contributed by atoms with Crippen LogP contribution < -0.4 is 0 Å². The van der Waals surface area contributed by atoms with Crippen molar-refractivity contribution in [2.45, 2.75) is 12.8 Å². The van der Waals surface area contributed by atoms with Gasteiger partial charge in [-0.05, 0) is 34.9 Å². The van der Waals surface area contributed by atoms with Crippen molar-refractivity contribution in [1.82, 2.24) is 0 Å². The fourth-order valence-electron chi connectivity index (χ4n) is 1.38. The quantitative estimate of drug-likeness (QED) is 0.661. The first-order valence-corrected chi connectivity index (χ1v) is 6.16. The number of alkyl halides is 1. The van der Waals surface area contributed by atoms with Gasteiger partial charge in [-0.2, -0.15) is 0 Å². The van der Waals surface area contributed by atoms with Gasteiger partial charge in [0, 0.05) is 15.1 Å². The first-order valence-electron chi connectivity index (χ1n) is 3.95. The third-order valence-electron chi connectivity index (χ3n) is 2.12. The Balaban J connectivity index is 2.85. The zero-order chi connectivity index (χ0) is 9.42. The molecule has 1 aromatic carbocycles. The highest BCUT2D eigenvalue weighted by molar-refractivity contribution is 9.10. The molecule has 0 fully saturated rings. The van der Waals surface area contributed by atoms with E-state index in [-0.39, 0.29) is 0 Å². The number of benzene rings is 1. The maximum Gasteiger partial charge on any atom is 0.0499 e. The molecule has 0 saturated heterocycles. The molecule has 0 aliphatic heterocycles. The Kier molecular flexibility index (Phi) is 2.63. The van der Waals surface area contributed by atoms with Gasteiger partial charge >= 0.3 is 0 Å². The average Bonchev–Trinajstić information content (AvgIpc) is 2.48. The molecular formula is C10H8BrClS. The molecule has 13 heavy (non-hydrogen) atoms. The highest BCUT2D eigenvalue weighted by Crippen LogP contribution is 2.33. The van der Waals surface area contributed by atoms with Crippen LogP contribution in [-0.2, 0) is 5.88 Å². The maximum atomic E-state index is 5.90. The van der Waals surface area contributed by atoms with Crippen molar-refractivity contribution in [1.29, 1.82) is 0 Å². The van der Waals surface area contributed by atoms with Crippen LogP contribution in [0.15, 0.2) is 22.0 Å². The molecule has 1 heterocycles. The third-order valence-corrected chi connectivity index (χ3v) is 4.30. The van der Waals surface area contributed by atoms with E-state index in [4.69, 9.17) is 11.6 Å². The van der Waals surface area contributed by atoms with Crippen LogP contribution in [-0.4, -0.2) is 0 Å². The van der Waals surface area contributed by atoms with E-state index in [9.17, 15) is 0 Å². The van der Waals surface area contributed by atoms with E-state index in [0.29, 0.717) is 5.88 Å². The Morgan fingerprint density at radius 3 is 2.92 bits per heavy atom. The van der Waals surface area contributed by atoms with Gasteiger partial charge < -0.3 is 0 Å². The molecule has 68 valence electrons. The smallest absolute Gasteiger partial charge is 0.0499 e. The lowest BCUT2D eigenvalue weighted by molar-refractivity contribution is 1.43. The molecule has 0 radical (unpaired) electrons. The Hall–Kier alpha value is -0.0500. The Morgan fingerprint density at radius 2 is 2.23 bits per heavy atom. The molecule has 0 N–H and O–H groups in total. The summed E-state index contributed by atoms with van der Waals surface area (Å²) in [5.41, 5.74) is 2.54. The second kappa shape index (κ2) is 3.60. The molecule has 1 aromatic heterocycles. The van der Waals surface area contributed by atoms with E-state index in [1.807, 2.05) is 0 Å². The van der Waals surface area contributed by atoms with Crippen LogP contribution in [0.4, 0.5) is 0 Å². The molecule has 2 rings (SSSR count). The predicted octanol–water partition coefficient (Wildman–Crippen LogP) is 4.71. The van der Waals surface area contributed by atoms with Crippen molar-refractivity contribution < 1.29 is 0 Å². The summed E-state index contributed by atoms with van der Waals surface area (Å²) in [6.45, 7) is 2.13. The molecule has 0 aliphatic carbocycles. The molecular weight excluding hydrogens is 268 g/mol. The van der Waals surface area contributed by atoms with Crippen LogP contribution in [0.1, 0.15) is 11.1 Å². The highest BCUT2D eigenvalue weighted by Gasteiger charge is 2.07. The van der Waals surface area contributed by atoms with Crippen molar-refractivity contribution in [3.63, 3.8) is 0 Å². The van der Waals surface area contributed by atoms with Gasteiger partial charge in [-0.3, -0.25) is 0 Å². The normalized spacial score (nSPS) is 11.0. The zero-order valence-corrected chi connectivity index (χ0v) is 10.3. The van der Waals surface area contributed by atoms with E-state index in [0.717, 1.165) is 4.47 Å². The van der Waals surface area contributed by atoms with Crippen molar-refractivity contribution in [2.75, 3.05) is 0 Å². The third kappa shape index (κ3) is 1.51. The van der Waals surface area contributed by atoms with E-state index in [1.165, 1.54) is 21.2 Å². The Bertz CT molecular complexity index is 447. The first-order chi connectivity index (χ1) is 6.24. The molecule has 3 heteroatoms. The summed E-state index contributed by atoms with van der Waals surface area (Å²) < 4.78 is 2.42. The number of halogens is 2. The number of rotatable bonds is 1. The number of hydrogen-bond donors (Lipinski definition) is 0. The van der Waals surface area contributed by atoms with Gasteiger partial charge in [-0.1, -0.05) is 22.0 Å². The molecule has 0 spiro atoms. The summed E-state index contributed by atoms with van der Waals surface area (Å²) in [5, 5.41) is 3.50. The van der Waals surface area contributed by atoms with Gasteiger partial charge in [0.25, 0.3) is 0 Å². The minimum atomic E-state index is 0.567. The van der Waals surface area contributed by atoms with Gasteiger partial charge in [0.05, 0.1) is 0 Å². The number of hydrogen-bond acceptors (Lipinski definition) is 1. The topological polar surface area (TPSA) is 0 Å². The van der Waals surface area contributed by atoms with Gasteiger partial charge in [-0.25, -0.2) is 0 Å². The lowest BCUT2D eigenvalue weighted by Crippen LogP contribution is -1.80. The number of aryl methyl sites for hydroxylation is 1. The summed E-state index contributed by atoms with van der Waals surface area (Å²) in [6.07, 6.45) is 0. The SMILES string of the molecule is Cc1csc2c(CCl)c(Br)ccc12. The first kappa shape index (κ1) is 9.50. The summed E-state index contributed by atoms with van der Waals surface area (Å²) in [5.74, 6) is 0.567. The van der Waals surface area contributed by atoms with Crippen LogP contribution >= 0.6 is 38.9 Å². The van der Waals surface area contributed by atoms with E-state index in [1.54, 1.807) is 11.3 Å². The van der Waals surface area contributed by atoms with Gasteiger partial charge in [0.15, 0.2) is 0 Å². The highest BCUT2D eigenvalue weighted by atomic mass is 79.9. The van der Waals surface area contributed by atoms with E-state index in [2.05, 4.69) is 40.4 Å². The van der Waals surface area contributed by atoms with Crippen LogP contribution in [0.5, 0.6) is 0 Å². The fraction of sp³-hybridized carbons (Fsp3) is 0.200. The van der Waals surface area contributed by atoms with Crippen LogP contribution in [0, 0.1) is 6.92 Å². The molecule has 0 unspecified atom stereocenters. The summed E-state index contributed by atoms with van der Waals surface area (Å²) >= 11 is 11.2. The van der Waals surface area contributed by atoms with Crippen LogP contribution in [0.25, 0.3) is 10.1 Å². The largest absolute Gasteiger partial charge is 0.143 e. The predicted molar refractivity (Wildman–Crippen MR) is 63.8 cm³/mol. The summed E-state index contributed by atoms with van der Waals surface area (Å²) in [7, 11) is 0.